The highest BCUT2D eigenvalue weighted by atomic mass is 35.5. The third-order valence-electron chi connectivity index (χ3n) is 5.15. The molecule has 0 aromatic heterocycles. The lowest BCUT2D eigenvalue weighted by Gasteiger charge is -2.36. The quantitative estimate of drug-likeness (QED) is 0.536. The first-order chi connectivity index (χ1) is 13.8. The number of halogens is 2. The number of benzene rings is 2. The number of aliphatic hydroxyl groups is 1. The first-order valence-electron chi connectivity index (χ1n) is 10.3. The number of unbranched alkanes of at least 4 members (excludes halogenated alkanes) is 1. The van der Waals surface area contributed by atoms with Gasteiger partial charge in [-0.1, -0.05) is 30.3 Å². The zero-order valence-electron chi connectivity index (χ0n) is 17.7. The number of rotatable bonds is 10. The molecule has 5 nitrogen and oxygen atoms in total. The zero-order valence-corrected chi connectivity index (χ0v) is 19.3. The van der Waals surface area contributed by atoms with Crippen LogP contribution in [0.3, 0.4) is 0 Å². The number of nitrogens with zero attached hydrogens (tertiary/aromatic N) is 2. The van der Waals surface area contributed by atoms with Gasteiger partial charge in [-0.2, -0.15) is 0 Å². The molecule has 0 saturated carbocycles. The summed E-state index contributed by atoms with van der Waals surface area (Å²) < 4.78 is 11.6. The molecule has 0 spiro atoms. The lowest BCUT2D eigenvalue weighted by Crippen LogP contribution is -2.46. The van der Waals surface area contributed by atoms with Crippen LogP contribution in [0.25, 0.3) is 0 Å². The molecule has 0 amide bonds. The number of hydrogen-bond donors (Lipinski definition) is 1. The van der Waals surface area contributed by atoms with Crippen molar-refractivity contribution in [2.45, 2.75) is 26.4 Å². The van der Waals surface area contributed by atoms with Crippen LogP contribution in [0.15, 0.2) is 48.5 Å². The van der Waals surface area contributed by atoms with Crippen LogP contribution in [0.1, 0.15) is 25.3 Å². The van der Waals surface area contributed by atoms with Crippen molar-refractivity contribution >= 4 is 30.5 Å². The maximum absolute atomic E-state index is 9.34. The summed E-state index contributed by atoms with van der Waals surface area (Å²) in [7, 11) is 0. The Kier molecular flexibility index (Phi) is 12.6. The van der Waals surface area contributed by atoms with Crippen molar-refractivity contribution in [2.24, 2.45) is 0 Å². The molecule has 7 heteroatoms. The van der Waals surface area contributed by atoms with E-state index < -0.39 is 0 Å². The molecule has 0 radical (unpaired) electrons. The molecule has 0 aliphatic carbocycles. The molecule has 1 aliphatic heterocycles. The Balaban J connectivity index is 0.00000225. The fourth-order valence-corrected chi connectivity index (χ4v) is 3.60. The minimum atomic E-state index is 0. The fourth-order valence-electron chi connectivity index (χ4n) is 3.60. The lowest BCUT2D eigenvalue weighted by atomic mass is 10.2. The van der Waals surface area contributed by atoms with Gasteiger partial charge in [0.05, 0.1) is 25.5 Å². The highest BCUT2D eigenvalue weighted by Gasteiger charge is 2.19. The first-order valence-corrected chi connectivity index (χ1v) is 10.3. The van der Waals surface area contributed by atoms with Crippen LogP contribution in [0.2, 0.25) is 0 Å². The van der Waals surface area contributed by atoms with Gasteiger partial charge < -0.3 is 19.5 Å². The molecule has 0 unspecified atom stereocenters. The molecule has 0 bridgehead atoms. The predicted octanol–water partition coefficient (Wildman–Crippen LogP) is 4.40. The van der Waals surface area contributed by atoms with Crippen molar-refractivity contribution in [3.63, 3.8) is 0 Å². The SMILES string of the molecule is CCOc1ccccc1N1CCN(CCCCOc2ccccc2CO)CC1.Cl.Cl. The number of anilines is 1. The number of hydrogen-bond acceptors (Lipinski definition) is 5. The van der Waals surface area contributed by atoms with Crippen LogP contribution in [-0.4, -0.2) is 55.9 Å². The van der Waals surface area contributed by atoms with E-state index in [2.05, 4.69) is 28.0 Å². The van der Waals surface area contributed by atoms with E-state index in [0.29, 0.717) is 13.2 Å². The minimum Gasteiger partial charge on any atom is -0.493 e. The van der Waals surface area contributed by atoms with Gasteiger partial charge >= 0.3 is 0 Å². The maximum Gasteiger partial charge on any atom is 0.142 e. The van der Waals surface area contributed by atoms with Crippen LogP contribution in [0.5, 0.6) is 11.5 Å². The van der Waals surface area contributed by atoms with Gasteiger partial charge in [-0.3, -0.25) is 4.90 Å². The van der Waals surface area contributed by atoms with Crippen LogP contribution in [0.4, 0.5) is 5.69 Å². The molecular formula is C23H34Cl2N2O3. The average Bonchev–Trinajstić information content (AvgIpc) is 2.75. The average molecular weight is 457 g/mol. The van der Waals surface area contributed by atoms with Gasteiger partial charge in [-0.15, -0.1) is 24.8 Å². The summed E-state index contributed by atoms with van der Waals surface area (Å²) in [5.74, 6) is 1.78. The second kappa shape index (κ2) is 14.4. The Morgan fingerprint density at radius 2 is 1.50 bits per heavy atom. The van der Waals surface area contributed by atoms with Crippen LogP contribution < -0.4 is 14.4 Å². The summed E-state index contributed by atoms with van der Waals surface area (Å²) in [5.41, 5.74) is 2.06. The lowest BCUT2D eigenvalue weighted by molar-refractivity contribution is 0.233. The number of piperazine rings is 1. The number of para-hydroxylation sites is 3. The number of ether oxygens (including phenoxy) is 2. The van der Waals surface area contributed by atoms with E-state index >= 15 is 0 Å². The summed E-state index contributed by atoms with van der Waals surface area (Å²) >= 11 is 0. The van der Waals surface area contributed by atoms with Gasteiger partial charge in [0.2, 0.25) is 0 Å². The molecule has 1 N–H and O–H groups in total. The molecular weight excluding hydrogens is 423 g/mol. The molecule has 1 saturated heterocycles. The van der Waals surface area contributed by atoms with E-state index in [-0.39, 0.29) is 31.4 Å². The molecule has 2 aromatic carbocycles. The van der Waals surface area contributed by atoms with Crippen molar-refractivity contribution in [3.05, 3.63) is 54.1 Å². The third-order valence-corrected chi connectivity index (χ3v) is 5.15. The summed E-state index contributed by atoms with van der Waals surface area (Å²) in [4.78, 5) is 4.96. The van der Waals surface area contributed by atoms with Gasteiger partial charge in [0.1, 0.15) is 11.5 Å². The normalized spacial score (nSPS) is 13.9. The minimum absolute atomic E-state index is 0. The van der Waals surface area contributed by atoms with E-state index in [1.807, 2.05) is 37.3 Å². The Bertz CT molecular complexity index is 725. The van der Waals surface area contributed by atoms with Crippen LogP contribution >= 0.6 is 24.8 Å². The first kappa shape index (κ1) is 26.4. The topological polar surface area (TPSA) is 45.2 Å². The number of aliphatic hydroxyl groups excluding tert-OH is 1. The standard InChI is InChI=1S/C23H32N2O3.2ClH/c1-2-27-23-12-6-4-10-21(23)25-16-14-24(15-17-25)13-7-8-18-28-22-11-5-3-9-20(22)19-26;;/h3-6,9-12,26H,2,7-8,13-19H2,1H3;2*1H. The van der Waals surface area contributed by atoms with Crippen molar-refractivity contribution in [1.82, 2.24) is 4.90 Å². The molecule has 168 valence electrons. The van der Waals surface area contributed by atoms with Gasteiger partial charge in [0.25, 0.3) is 0 Å². The summed E-state index contributed by atoms with van der Waals surface area (Å²) in [5, 5.41) is 9.34. The second-order valence-corrected chi connectivity index (χ2v) is 7.05. The van der Waals surface area contributed by atoms with Crippen molar-refractivity contribution in [1.29, 1.82) is 0 Å². The Morgan fingerprint density at radius 3 is 2.20 bits per heavy atom. The Hall–Kier alpha value is -1.66. The largest absolute Gasteiger partial charge is 0.493 e. The molecule has 3 rings (SSSR count). The van der Waals surface area contributed by atoms with Crippen molar-refractivity contribution < 1.29 is 14.6 Å². The molecule has 1 fully saturated rings. The Morgan fingerprint density at radius 1 is 0.833 bits per heavy atom. The van der Waals surface area contributed by atoms with Gasteiger partial charge in [0.15, 0.2) is 0 Å². The van der Waals surface area contributed by atoms with Gasteiger partial charge in [0, 0.05) is 31.7 Å². The zero-order chi connectivity index (χ0) is 19.6. The highest BCUT2D eigenvalue weighted by Crippen LogP contribution is 2.28. The van der Waals surface area contributed by atoms with Crippen LogP contribution in [0, 0.1) is 0 Å². The van der Waals surface area contributed by atoms with E-state index in [9.17, 15) is 5.11 Å². The second-order valence-electron chi connectivity index (χ2n) is 7.05. The fraction of sp³-hybridized carbons (Fsp3) is 0.478. The van der Waals surface area contributed by atoms with E-state index in [0.717, 1.165) is 62.6 Å². The monoisotopic (exact) mass is 456 g/mol. The van der Waals surface area contributed by atoms with E-state index in [4.69, 9.17) is 9.47 Å². The van der Waals surface area contributed by atoms with Gasteiger partial charge in [-0.05, 0) is 44.5 Å². The van der Waals surface area contributed by atoms with Crippen LogP contribution in [-0.2, 0) is 6.61 Å². The summed E-state index contributed by atoms with van der Waals surface area (Å²) in [6.45, 7) is 8.76. The van der Waals surface area contributed by atoms with Gasteiger partial charge in [-0.25, -0.2) is 0 Å². The highest BCUT2D eigenvalue weighted by molar-refractivity contribution is 5.85. The molecule has 30 heavy (non-hydrogen) atoms. The third kappa shape index (κ3) is 7.55. The van der Waals surface area contributed by atoms with E-state index in [1.54, 1.807) is 0 Å². The molecule has 2 aromatic rings. The van der Waals surface area contributed by atoms with Crippen molar-refractivity contribution in [3.8, 4) is 11.5 Å². The summed E-state index contributed by atoms with van der Waals surface area (Å²) in [6, 6.07) is 16.0. The van der Waals surface area contributed by atoms with Crippen molar-refractivity contribution in [2.75, 3.05) is 50.8 Å². The molecule has 1 heterocycles. The smallest absolute Gasteiger partial charge is 0.142 e. The summed E-state index contributed by atoms with van der Waals surface area (Å²) in [6.07, 6.45) is 2.14. The molecule has 1 aliphatic rings. The maximum atomic E-state index is 9.34. The predicted molar refractivity (Wildman–Crippen MR) is 128 cm³/mol. The Labute approximate surface area is 192 Å². The molecule has 0 atom stereocenters. The van der Waals surface area contributed by atoms with E-state index in [1.165, 1.54) is 5.69 Å².